The molecule has 3 heteroatoms. The summed E-state index contributed by atoms with van der Waals surface area (Å²) in [5, 5.41) is 12.2. The third kappa shape index (κ3) is 4.09. The van der Waals surface area contributed by atoms with Crippen molar-refractivity contribution in [2.75, 3.05) is 26.2 Å². The minimum Gasteiger partial charge on any atom is -0.395 e. The molecule has 15 heavy (non-hydrogen) atoms. The summed E-state index contributed by atoms with van der Waals surface area (Å²) in [4.78, 5) is 2.55. The van der Waals surface area contributed by atoms with Crippen molar-refractivity contribution in [1.29, 1.82) is 0 Å². The molecule has 0 amide bonds. The Morgan fingerprint density at radius 3 is 2.67 bits per heavy atom. The molecule has 1 heterocycles. The predicted molar refractivity (Wildman–Crippen MR) is 64.0 cm³/mol. The van der Waals surface area contributed by atoms with Crippen LogP contribution in [-0.4, -0.2) is 48.3 Å². The summed E-state index contributed by atoms with van der Waals surface area (Å²) in [5.74, 6) is 0.817. The van der Waals surface area contributed by atoms with Crippen molar-refractivity contribution in [3.05, 3.63) is 0 Å². The zero-order valence-electron chi connectivity index (χ0n) is 10.4. The van der Waals surface area contributed by atoms with Crippen molar-refractivity contribution in [2.45, 2.75) is 45.7 Å². The van der Waals surface area contributed by atoms with E-state index in [9.17, 15) is 0 Å². The van der Waals surface area contributed by atoms with Gasteiger partial charge < -0.3 is 10.4 Å². The molecular formula is C12H26N2O. The number of hydrogen-bond acceptors (Lipinski definition) is 3. The molecule has 0 aliphatic carbocycles. The lowest BCUT2D eigenvalue weighted by Gasteiger charge is -2.40. The molecular weight excluding hydrogens is 188 g/mol. The van der Waals surface area contributed by atoms with Gasteiger partial charge in [0.2, 0.25) is 0 Å². The minimum absolute atomic E-state index is 0.245. The average Bonchev–Trinajstić information content (AvgIpc) is 2.25. The average molecular weight is 214 g/mol. The van der Waals surface area contributed by atoms with E-state index in [1.54, 1.807) is 0 Å². The van der Waals surface area contributed by atoms with Gasteiger partial charge in [0, 0.05) is 31.7 Å². The Bertz CT molecular complexity index is 173. The normalized spacial score (nSPS) is 28.6. The molecule has 2 N–H and O–H groups in total. The third-order valence-electron chi connectivity index (χ3n) is 3.42. The van der Waals surface area contributed by atoms with E-state index in [0.717, 1.165) is 19.0 Å². The van der Waals surface area contributed by atoms with E-state index in [0.29, 0.717) is 12.1 Å². The van der Waals surface area contributed by atoms with Gasteiger partial charge in [-0.2, -0.15) is 0 Å². The van der Waals surface area contributed by atoms with Crippen molar-refractivity contribution in [2.24, 2.45) is 5.92 Å². The maximum Gasteiger partial charge on any atom is 0.0556 e. The highest BCUT2D eigenvalue weighted by Crippen LogP contribution is 2.21. The van der Waals surface area contributed by atoms with Gasteiger partial charge in [-0.1, -0.05) is 13.3 Å². The predicted octanol–water partition coefficient (Wildman–Crippen LogP) is 1.08. The van der Waals surface area contributed by atoms with Crippen molar-refractivity contribution >= 4 is 0 Å². The van der Waals surface area contributed by atoms with E-state index >= 15 is 0 Å². The Morgan fingerprint density at radius 1 is 1.40 bits per heavy atom. The number of aliphatic hydroxyl groups excluding tert-OH is 1. The highest BCUT2D eigenvalue weighted by molar-refractivity contribution is 4.84. The standard InChI is InChI=1S/C12H26N2O/c1-4-11-7-12(13-5-6-15)9-14(8-11)10(2)3/h10-13,15H,4-9H2,1-3H3. The topological polar surface area (TPSA) is 35.5 Å². The van der Waals surface area contributed by atoms with Crippen LogP contribution in [0.15, 0.2) is 0 Å². The smallest absolute Gasteiger partial charge is 0.0556 e. The summed E-state index contributed by atoms with van der Waals surface area (Å²) in [7, 11) is 0. The van der Waals surface area contributed by atoms with Crippen molar-refractivity contribution in [1.82, 2.24) is 10.2 Å². The highest BCUT2D eigenvalue weighted by Gasteiger charge is 2.26. The number of nitrogens with zero attached hydrogens (tertiary/aromatic N) is 1. The Hall–Kier alpha value is -0.120. The van der Waals surface area contributed by atoms with Gasteiger partial charge >= 0.3 is 0 Å². The van der Waals surface area contributed by atoms with Crippen LogP contribution in [0.4, 0.5) is 0 Å². The number of hydrogen-bond donors (Lipinski definition) is 2. The number of rotatable bonds is 5. The van der Waals surface area contributed by atoms with E-state index in [1.807, 2.05) is 0 Å². The van der Waals surface area contributed by atoms with E-state index in [2.05, 4.69) is 31.0 Å². The lowest BCUT2D eigenvalue weighted by Crippen LogP contribution is -2.51. The molecule has 0 saturated carbocycles. The zero-order valence-corrected chi connectivity index (χ0v) is 10.4. The van der Waals surface area contributed by atoms with Crippen LogP contribution in [0, 0.1) is 5.92 Å². The Labute approximate surface area is 93.9 Å². The molecule has 1 rings (SSSR count). The first-order valence-corrected chi connectivity index (χ1v) is 6.25. The van der Waals surface area contributed by atoms with Gasteiger partial charge in [-0.25, -0.2) is 0 Å². The van der Waals surface area contributed by atoms with Crippen LogP contribution in [0.2, 0.25) is 0 Å². The molecule has 1 saturated heterocycles. The van der Waals surface area contributed by atoms with Gasteiger partial charge in [-0.05, 0) is 26.2 Å². The zero-order chi connectivity index (χ0) is 11.3. The van der Waals surface area contributed by atoms with Crippen LogP contribution in [0.25, 0.3) is 0 Å². The number of likely N-dealkylation sites (tertiary alicyclic amines) is 1. The monoisotopic (exact) mass is 214 g/mol. The van der Waals surface area contributed by atoms with Gasteiger partial charge in [-0.3, -0.25) is 4.90 Å². The maximum absolute atomic E-state index is 8.82. The van der Waals surface area contributed by atoms with Gasteiger partial charge in [0.1, 0.15) is 0 Å². The van der Waals surface area contributed by atoms with Crippen molar-refractivity contribution in [3.8, 4) is 0 Å². The van der Waals surface area contributed by atoms with Crippen molar-refractivity contribution < 1.29 is 5.11 Å². The highest BCUT2D eigenvalue weighted by atomic mass is 16.3. The lowest BCUT2D eigenvalue weighted by molar-refractivity contribution is 0.107. The molecule has 0 aromatic carbocycles. The second kappa shape index (κ2) is 6.46. The Kier molecular flexibility index (Phi) is 5.58. The van der Waals surface area contributed by atoms with Gasteiger partial charge in [-0.15, -0.1) is 0 Å². The summed E-state index contributed by atoms with van der Waals surface area (Å²) in [6.45, 7) is 10.2. The van der Waals surface area contributed by atoms with Crippen LogP contribution in [0.3, 0.4) is 0 Å². The van der Waals surface area contributed by atoms with Gasteiger partial charge in [0.15, 0.2) is 0 Å². The van der Waals surface area contributed by atoms with Crippen LogP contribution < -0.4 is 5.32 Å². The van der Waals surface area contributed by atoms with Crippen LogP contribution in [-0.2, 0) is 0 Å². The molecule has 2 atom stereocenters. The molecule has 3 nitrogen and oxygen atoms in total. The molecule has 1 aliphatic heterocycles. The molecule has 0 radical (unpaired) electrons. The van der Waals surface area contributed by atoms with E-state index in [4.69, 9.17) is 5.11 Å². The van der Waals surface area contributed by atoms with Crippen LogP contribution in [0.1, 0.15) is 33.6 Å². The molecule has 0 aromatic heterocycles. The third-order valence-corrected chi connectivity index (χ3v) is 3.42. The molecule has 1 fully saturated rings. The van der Waals surface area contributed by atoms with Crippen LogP contribution >= 0.6 is 0 Å². The molecule has 1 aliphatic rings. The summed E-state index contributed by atoms with van der Waals surface area (Å²) < 4.78 is 0. The lowest BCUT2D eigenvalue weighted by atomic mass is 9.91. The number of piperidine rings is 1. The first-order chi connectivity index (χ1) is 7.17. The largest absolute Gasteiger partial charge is 0.395 e. The van der Waals surface area contributed by atoms with Gasteiger partial charge in [0.05, 0.1) is 6.61 Å². The van der Waals surface area contributed by atoms with E-state index < -0.39 is 0 Å². The summed E-state index contributed by atoms with van der Waals surface area (Å²) in [6, 6.07) is 1.20. The van der Waals surface area contributed by atoms with Gasteiger partial charge in [0.25, 0.3) is 0 Å². The minimum atomic E-state index is 0.245. The molecule has 0 spiro atoms. The van der Waals surface area contributed by atoms with Crippen molar-refractivity contribution in [3.63, 3.8) is 0 Å². The second-order valence-electron chi connectivity index (χ2n) is 4.93. The fourth-order valence-corrected chi connectivity index (χ4v) is 2.37. The first kappa shape index (κ1) is 12.9. The molecule has 2 unspecified atom stereocenters. The number of aliphatic hydroxyl groups is 1. The Balaban J connectivity index is 2.43. The Morgan fingerprint density at radius 2 is 2.13 bits per heavy atom. The van der Waals surface area contributed by atoms with E-state index in [-0.39, 0.29) is 6.61 Å². The summed E-state index contributed by atoms with van der Waals surface area (Å²) in [6.07, 6.45) is 2.53. The number of nitrogens with one attached hydrogen (secondary N) is 1. The maximum atomic E-state index is 8.82. The fraction of sp³-hybridized carbons (Fsp3) is 1.00. The van der Waals surface area contributed by atoms with E-state index in [1.165, 1.54) is 19.4 Å². The molecule has 90 valence electrons. The summed E-state index contributed by atoms with van der Waals surface area (Å²) >= 11 is 0. The second-order valence-corrected chi connectivity index (χ2v) is 4.93. The first-order valence-electron chi connectivity index (χ1n) is 6.25. The van der Waals surface area contributed by atoms with Crippen LogP contribution in [0.5, 0.6) is 0 Å². The SMILES string of the molecule is CCC1CC(NCCO)CN(C(C)C)C1. The fourth-order valence-electron chi connectivity index (χ4n) is 2.37. The summed E-state index contributed by atoms with van der Waals surface area (Å²) in [5.41, 5.74) is 0. The molecule has 0 aromatic rings. The molecule has 0 bridgehead atoms. The quantitative estimate of drug-likeness (QED) is 0.719.